The Labute approximate surface area is 177 Å². The van der Waals surface area contributed by atoms with Gasteiger partial charge < -0.3 is 14.8 Å². The van der Waals surface area contributed by atoms with E-state index in [0.717, 1.165) is 4.68 Å². The van der Waals surface area contributed by atoms with Gasteiger partial charge in [-0.1, -0.05) is 20.8 Å². The number of rotatable bonds is 5. The second-order valence-corrected chi connectivity index (χ2v) is 8.42. The van der Waals surface area contributed by atoms with E-state index in [2.05, 4.69) is 10.4 Å². The number of aromatic nitrogens is 2. The maximum Gasteiger partial charge on any atom is 0.359 e. The third-order valence-electron chi connectivity index (χ3n) is 4.35. The number of nitrogens with one attached hydrogen (secondary N) is 1. The summed E-state index contributed by atoms with van der Waals surface area (Å²) in [7, 11) is 1.54. The van der Waals surface area contributed by atoms with Crippen molar-refractivity contribution in [1.82, 2.24) is 9.78 Å². The highest BCUT2D eigenvalue weighted by Crippen LogP contribution is 2.32. The smallest absolute Gasteiger partial charge is 0.359 e. The fourth-order valence-electron chi connectivity index (χ4n) is 2.68. The molecule has 0 aliphatic carbocycles. The number of benzene rings is 1. The van der Waals surface area contributed by atoms with Crippen molar-refractivity contribution in [2.75, 3.05) is 19.0 Å². The van der Waals surface area contributed by atoms with Crippen molar-refractivity contribution in [2.45, 2.75) is 27.7 Å². The maximum absolute atomic E-state index is 13.3. The van der Waals surface area contributed by atoms with Gasteiger partial charge in [0.15, 0.2) is 5.69 Å². The molecule has 0 saturated carbocycles. The molecule has 3 rings (SSSR count). The van der Waals surface area contributed by atoms with E-state index >= 15 is 0 Å². The predicted octanol–water partition coefficient (Wildman–Crippen LogP) is 3.62. The first kappa shape index (κ1) is 21.5. The Hall–Kier alpha value is -3.20. The zero-order chi connectivity index (χ0) is 22.1. The number of anilines is 1. The fraction of sp³-hybridized carbons (Fsp3) is 0.333. The Balaban J connectivity index is 2.24. The minimum Gasteiger partial charge on any atom is -0.497 e. The van der Waals surface area contributed by atoms with Crippen LogP contribution in [0.3, 0.4) is 0 Å². The van der Waals surface area contributed by atoms with Crippen LogP contribution in [0.1, 0.15) is 38.2 Å². The van der Waals surface area contributed by atoms with Gasteiger partial charge in [0.2, 0.25) is 5.91 Å². The highest BCUT2D eigenvalue weighted by Gasteiger charge is 2.26. The Kier molecular flexibility index (Phi) is 5.93. The lowest BCUT2D eigenvalue weighted by Gasteiger charge is -2.17. The van der Waals surface area contributed by atoms with Gasteiger partial charge in [0, 0.05) is 16.2 Å². The molecule has 0 atom stereocenters. The van der Waals surface area contributed by atoms with Crippen molar-refractivity contribution in [3.8, 4) is 11.4 Å². The Morgan fingerprint density at radius 3 is 2.43 bits per heavy atom. The SMILES string of the molecule is CCOC(=O)c1nn(-c2ccc(OC)cc2)c(=O)c2c(NC(=O)C(C)(C)C)scc12. The average Bonchev–Trinajstić information content (AvgIpc) is 3.12. The zero-order valence-corrected chi connectivity index (χ0v) is 18.3. The summed E-state index contributed by atoms with van der Waals surface area (Å²) in [5, 5.41) is 9.63. The summed E-state index contributed by atoms with van der Waals surface area (Å²) in [6.07, 6.45) is 0. The van der Waals surface area contributed by atoms with Crippen LogP contribution < -0.4 is 15.6 Å². The maximum atomic E-state index is 13.3. The molecule has 8 nitrogen and oxygen atoms in total. The summed E-state index contributed by atoms with van der Waals surface area (Å²) >= 11 is 1.17. The van der Waals surface area contributed by atoms with Crippen molar-refractivity contribution < 1.29 is 19.1 Å². The number of esters is 1. The molecule has 2 aromatic heterocycles. The Morgan fingerprint density at radius 1 is 1.20 bits per heavy atom. The Bertz CT molecular complexity index is 1160. The van der Waals surface area contributed by atoms with Crippen LogP contribution in [0, 0.1) is 5.41 Å². The molecule has 0 radical (unpaired) electrons. The molecular formula is C21H23N3O5S. The second kappa shape index (κ2) is 8.27. The number of hydrogen-bond acceptors (Lipinski definition) is 7. The summed E-state index contributed by atoms with van der Waals surface area (Å²) in [4.78, 5) is 38.3. The van der Waals surface area contributed by atoms with Crippen molar-refractivity contribution in [1.29, 1.82) is 0 Å². The molecule has 0 saturated heterocycles. The molecule has 0 fully saturated rings. The zero-order valence-electron chi connectivity index (χ0n) is 17.4. The number of carbonyl (C=O) groups excluding carboxylic acids is 2. The van der Waals surface area contributed by atoms with Gasteiger partial charge in [-0.2, -0.15) is 9.78 Å². The van der Waals surface area contributed by atoms with Gasteiger partial charge in [-0.25, -0.2) is 4.79 Å². The van der Waals surface area contributed by atoms with Gasteiger partial charge in [0.05, 0.1) is 24.8 Å². The number of fused-ring (bicyclic) bond motifs is 1. The summed E-state index contributed by atoms with van der Waals surface area (Å²) < 4.78 is 11.4. The van der Waals surface area contributed by atoms with Crippen LogP contribution >= 0.6 is 11.3 Å². The lowest BCUT2D eigenvalue weighted by atomic mass is 9.96. The van der Waals surface area contributed by atoms with Crippen molar-refractivity contribution in [2.24, 2.45) is 5.41 Å². The van der Waals surface area contributed by atoms with Gasteiger partial charge in [-0.3, -0.25) is 9.59 Å². The molecule has 0 bridgehead atoms. The minimum absolute atomic E-state index is 0.00905. The third-order valence-corrected chi connectivity index (χ3v) is 5.24. The molecule has 9 heteroatoms. The summed E-state index contributed by atoms with van der Waals surface area (Å²) in [6, 6.07) is 6.70. The summed E-state index contributed by atoms with van der Waals surface area (Å²) in [6.45, 7) is 7.19. The van der Waals surface area contributed by atoms with E-state index in [4.69, 9.17) is 9.47 Å². The van der Waals surface area contributed by atoms with Gasteiger partial charge in [0.1, 0.15) is 10.8 Å². The van der Waals surface area contributed by atoms with E-state index in [9.17, 15) is 14.4 Å². The topological polar surface area (TPSA) is 99.5 Å². The number of ether oxygens (including phenoxy) is 2. The van der Waals surface area contributed by atoms with Gasteiger partial charge in [-0.15, -0.1) is 11.3 Å². The molecule has 1 aromatic carbocycles. The molecule has 1 N–H and O–H groups in total. The van der Waals surface area contributed by atoms with E-state index < -0.39 is 16.9 Å². The van der Waals surface area contributed by atoms with Crippen LogP contribution in [0.2, 0.25) is 0 Å². The van der Waals surface area contributed by atoms with E-state index in [0.29, 0.717) is 21.8 Å². The van der Waals surface area contributed by atoms with Crippen molar-refractivity contribution >= 4 is 39.0 Å². The number of thiophene rings is 1. The summed E-state index contributed by atoms with van der Waals surface area (Å²) in [5.74, 6) is -0.264. The second-order valence-electron chi connectivity index (χ2n) is 7.54. The number of nitrogens with zero attached hydrogens (tertiary/aromatic N) is 2. The number of hydrogen-bond donors (Lipinski definition) is 1. The molecule has 30 heavy (non-hydrogen) atoms. The van der Waals surface area contributed by atoms with Crippen LogP contribution in [0.4, 0.5) is 5.00 Å². The van der Waals surface area contributed by atoms with Crippen LogP contribution in [0.5, 0.6) is 5.75 Å². The largest absolute Gasteiger partial charge is 0.497 e. The quantitative estimate of drug-likeness (QED) is 0.622. The molecule has 0 spiro atoms. The van der Waals surface area contributed by atoms with Gasteiger partial charge in [-0.05, 0) is 31.2 Å². The molecule has 1 amide bonds. The van der Waals surface area contributed by atoms with Crippen molar-refractivity contribution in [3.05, 3.63) is 45.7 Å². The van der Waals surface area contributed by atoms with E-state index in [1.165, 1.54) is 11.3 Å². The molecule has 158 valence electrons. The summed E-state index contributed by atoms with van der Waals surface area (Å²) in [5.41, 5.74) is -0.640. The van der Waals surface area contributed by atoms with Gasteiger partial charge >= 0.3 is 5.97 Å². The van der Waals surface area contributed by atoms with Crippen LogP contribution in [-0.4, -0.2) is 35.4 Å². The molecular weight excluding hydrogens is 406 g/mol. The van der Waals surface area contributed by atoms with Gasteiger partial charge in [0.25, 0.3) is 5.56 Å². The lowest BCUT2D eigenvalue weighted by Crippen LogP contribution is -2.29. The van der Waals surface area contributed by atoms with Crippen LogP contribution in [0.25, 0.3) is 16.5 Å². The number of carbonyl (C=O) groups is 2. The van der Waals surface area contributed by atoms with Crippen molar-refractivity contribution in [3.63, 3.8) is 0 Å². The standard InChI is InChI=1S/C21H23N3O5S/c1-6-29-19(26)16-14-11-30-17(22-20(27)21(2,3)4)15(14)18(25)24(23-16)12-7-9-13(28-5)10-8-12/h7-11H,6H2,1-5H3,(H,22,27). The molecule has 0 aliphatic heterocycles. The molecule has 0 aliphatic rings. The predicted molar refractivity (Wildman–Crippen MR) is 116 cm³/mol. The first-order valence-corrected chi connectivity index (χ1v) is 10.2. The van der Waals surface area contributed by atoms with E-state index in [1.54, 1.807) is 64.5 Å². The van der Waals surface area contributed by atoms with Crippen LogP contribution in [0.15, 0.2) is 34.4 Å². The number of amides is 1. The molecule has 0 unspecified atom stereocenters. The molecule has 3 aromatic rings. The first-order chi connectivity index (χ1) is 14.2. The first-order valence-electron chi connectivity index (χ1n) is 9.35. The number of methoxy groups -OCH3 is 1. The van der Waals surface area contributed by atoms with E-state index in [1.807, 2.05) is 0 Å². The molecule has 2 heterocycles. The Morgan fingerprint density at radius 2 is 1.87 bits per heavy atom. The fourth-order valence-corrected chi connectivity index (χ4v) is 3.61. The highest BCUT2D eigenvalue weighted by atomic mass is 32.1. The van der Waals surface area contributed by atoms with E-state index in [-0.39, 0.29) is 23.6 Å². The monoisotopic (exact) mass is 429 g/mol. The highest BCUT2D eigenvalue weighted by molar-refractivity contribution is 7.16. The lowest BCUT2D eigenvalue weighted by molar-refractivity contribution is -0.123. The average molecular weight is 429 g/mol. The minimum atomic E-state index is -0.650. The third kappa shape index (κ3) is 4.06. The normalized spacial score (nSPS) is 11.4. The van der Waals surface area contributed by atoms with Crippen LogP contribution in [-0.2, 0) is 9.53 Å².